The van der Waals surface area contributed by atoms with Gasteiger partial charge in [-0.2, -0.15) is 0 Å². The quantitative estimate of drug-likeness (QED) is 0.650. The van der Waals surface area contributed by atoms with Crippen LogP contribution in [0.1, 0.15) is 20.8 Å². The van der Waals surface area contributed by atoms with Gasteiger partial charge < -0.3 is 25.6 Å². The van der Waals surface area contributed by atoms with Gasteiger partial charge in [0.1, 0.15) is 6.04 Å². The summed E-state index contributed by atoms with van der Waals surface area (Å²) >= 11 is 0. The average Bonchev–Trinajstić information content (AvgIpc) is 2.76. The maximum Gasteiger partial charge on any atom is 0.246 e. The van der Waals surface area contributed by atoms with Gasteiger partial charge in [0.05, 0.1) is 13.2 Å². The van der Waals surface area contributed by atoms with Gasteiger partial charge in [-0.05, 0) is 55.5 Å². The molecule has 1 aliphatic rings. The van der Waals surface area contributed by atoms with Gasteiger partial charge in [-0.15, -0.1) is 0 Å². The summed E-state index contributed by atoms with van der Waals surface area (Å²) in [6.07, 6.45) is 0. The Morgan fingerprint density at radius 2 is 1.30 bits per heavy atom. The molecule has 1 atom stereocenters. The molecule has 30 heavy (non-hydrogen) atoms. The number of carbonyl (C=O) groups excluding carboxylic acids is 2. The van der Waals surface area contributed by atoms with Crippen LogP contribution in [0.15, 0.2) is 48.5 Å². The minimum Gasteiger partial charge on any atom is -0.378 e. The smallest absolute Gasteiger partial charge is 0.246 e. The van der Waals surface area contributed by atoms with Crippen LogP contribution >= 0.6 is 0 Å². The highest BCUT2D eigenvalue weighted by Crippen LogP contribution is 2.20. The second-order valence-electron chi connectivity index (χ2n) is 7.72. The van der Waals surface area contributed by atoms with Crippen molar-refractivity contribution in [1.82, 2.24) is 0 Å². The van der Waals surface area contributed by atoms with Gasteiger partial charge in [0.25, 0.3) is 0 Å². The van der Waals surface area contributed by atoms with E-state index >= 15 is 0 Å². The SMILES string of the molecule is CC(C)C(=O)Nc1ccc(NC(C)C(=O)Nc2ccc(N3CCOCC3)cc2)cc1. The molecule has 1 saturated heterocycles. The van der Waals surface area contributed by atoms with Gasteiger partial charge in [0.15, 0.2) is 0 Å². The van der Waals surface area contributed by atoms with Crippen molar-refractivity contribution < 1.29 is 14.3 Å². The molecule has 0 saturated carbocycles. The highest BCUT2D eigenvalue weighted by Gasteiger charge is 2.15. The van der Waals surface area contributed by atoms with E-state index in [1.54, 1.807) is 0 Å². The highest BCUT2D eigenvalue weighted by molar-refractivity contribution is 5.96. The first-order valence-corrected chi connectivity index (χ1v) is 10.3. The van der Waals surface area contributed by atoms with Gasteiger partial charge >= 0.3 is 0 Å². The Labute approximate surface area is 177 Å². The van der Waals surface area contributed by atoms with Crippen molar-refractivity contribution in [2.45, 2.75) is 26.8 Å². The van der Waals surface area contributed by atoms with Gasteiger partial charge in [0, 0.05) is 41.8 Å². The Bertz CT molecular complexity index is 844. The molecule has 0 spiro atoms. The van der Waals surface area contributed by atoms with Crippen molar-refractivity contribution in [3.05, 3.63) is 48.5 Å². The normalized spacial score (nSPS) is 14.9. The van der Waals surface area contributed by atoms with Crippen molar-refractivity contribution >= 4 is 34.6 Å². The molecular formula is C23H30N4O3. The summed E-state index contributed by atoms with van der Waals surface area (Å²) < 4.78 is 5.38. The number of anilines is 4. The first kappa shape index (κ1) is 21.6. The Hall–Kier alpha value is -3.06. The molecule has 2 aromatic rings. The van der Waals surface area contributed by atoms with E-state index in [0.717, 1.165) is 49.1 Å². The summed E-state index contributed by atoms with van der Waals surface area (Å²) in [6.45, 7) is 8.76. The van der Waals surface area contributed by atoms with Crippen LogP contribution < -0.4 is 20.9 Å². The number of carbonyl (C=O) groups is 2. The summed E-state index contributed by atoms with van der Waals surface area (Å²) in [7, 11) is 0. The average molecular weight is 411 g/mol. The van der Waals surface area contributed by atoms with Crippen molar-refractivity contribution in [2.24, 2.45) is 5.92 Å². The third-order valence-electron chi connectivity index (χ3n) is 4.96. The number of amides is 2. The standard InChI is InChI=1S/C23H30N4O3/c1-16(2)22(28)25-19-6-4-18(5-7-19)24-17(3)23(29)26-20-8-10-21(11-9-20)27-12-14-30-15-13-27/h4-11,16-17,24H,12-15H2,1-3H3,(H,25,28)(H,26,29). The molecular weight excluding hydrogens is 380 g/mol. The van der Waals surface area contributed by atoms with Crippen molar-refractivity contribution in [3.63, 3.8) is 0 Å². The first-order valence-electron chi connectivity index (χ1n) is 10.3. The molecule has 3 N–H and O–H groups in total. The number of hydrogen-bond donors (Lipinski definition) is 3. The lowest BCUT2D eigenvalue weighted by atomic mass is 10.2. The molecule has 0 bridgehead atoms. The predicted octanol–water partition coefficient (Wildman–Crippen LogP) is 3.56. The number of morpholine rings is 1. The number of hydrogen-bond acceptors (Lipinski definition) is 5. The number of benzene rings is 2. The van der Waals surface area contributed by atoms with Crippen LogP contribution in [0.2, 0.25) is 0 Å². The Morgan fingerprint density at radius 1 is 0.800 bits per heavy atom. The fourth-order valence-electron chi connectivity index (χ4n) is 3.08. The van der Waals surface area contributed by atoms with E-state index in [4.69, 9.17) is 4.74 Å². The molecule has 1 heterocycles. The minimum atomic E-state index is -0.417. The third kappa shape index (κ3) is 5.97. The molecule has 7 nitrogen and oxygen atoms in total. The number of nitrogens with zero attached hydrogens (tertiary/aromatic N) is 1. The van der Waals surface area contributed by atoms with Crippen molar-refractivity contribution in [1.29, 1.82) is 0 Å². The maximum absolute atomic E-state index is 12.5. The summed E-state index contributed by atoms with van der Waals surface area (Å²) in [5.74, 6) is -0.219. The Morgan fingerprint density at radius 3 is 1.87 bits per heavy atom. The predicted molar refractivity (Wildman–Crippen MR) is 121 cm³/mol. The van der Waals surface area contributed by atoms with Gasteiger partial charge in [-0.1, -0.05) is 13.8 Å². The van der Waals surface area contributed by atoms with Crippen LogP contribution in [0.4, 0.5) is 22.7 Å². The fourth-order valence-corrected chi connectivity index (χ4v) is 3.08. The van der Waals surface area contributed by atoms with E-state index in [9.17, 15) is 9.59 Å². The topological polar surface area (TPSA) is 82.7 Å². The van der Waals surface area contributed by atoms with Crippen LogP contribution in [-0.2, 0) is 14.3 Å². The lowest BCUT2D eigenvalue weighted by Gasteiger charge is -2.29. The van der Waals surface area contributed by atoms with Gasteiger partial charge in [0.2, 0.25) is 11.8 Å². The molecule has 7 heteroatoms. The Kier molecular flexibility index (Phi) is 7.30. The molecule has 2 amide bonds. The lowest BCUT2D eigenvalue weighted by molar-refractivity contribution is -0.119. The van der Waals surface area contributed by atoms with Crippen LogP contribution in [0, 0.1) is 5.92 Å². The van der Waals surface area contributed by atoms with Crippen LogP contribution in [0.3, 0.4) is 0 Å². The van der Waals surface area contributed by atoms with E-state index in [-0.39, 0.29) is 17.7 Å². The molecule has 1 aliphatic heterocycles. The van der Waals surface area contributed by atoms with Crippen LogP contribution in [0.25, 0.3) is 0 Å². The monoisotopic (exact) mass is 410 g/mol. The van der Waals surface area contributed by atoms with Crippen molar-refractivity contribution in [2.75, 3.05) is 47.2 Å². The van der Waals surface area contributed by atoms with E-state index < -0.39 is 6.04 Å². The van der Waals surface area contributed by atoms with Gasteiger partial charge in [-0.25, -0.2) is 0 Å². The minimum absolute atomic E-state index is 0.0249. The van der Waals surface area contributed by atoms with Crippen molar-refractivity contribution in [3.8, 4) is 0 Å². The zero-order valence-electron chi connectivity index (χ0n) is 17.8. The lowest BCUT2D eigenvalue weighted by Crippen LogP contribution is -2.36. The second kappa shape index (κ2) is 10.1. The fraction of sp³-hybridized carbons (Fsp3) is 0.391. The maximum atomic E-state index is 12.5. The molecule has 1 fully saturated rings. The van der Waals surface area contributed by atoms with E-state index in [1.165, 1.54) is 0 Å². The summed E-state index contributed by atoms with van der Waals surface area (Å²) in [5.41, 5.74) is 3.43. The number of nitrogens with one attached hydrogen (secondary N) is 3. The first-order chi connectivity index (χ1) is 14.4. The molecule has 0 aliphatic carbocycles. The summed E-state index contributed by atoms with van der Waals surface area (Å²) in [4.78, 5) is 26.6. The van der Waals surface area contributed by atoms with E-state index in [1.807, 2.05) is 69.3 Å². The third-order valence-corrected chi connectivity index (χ3v) is 4.96. The van der Waals surface area contributed by atoms with Gasteiger partial charge in [-0.3, -0.25) is 9.59 Å². The van der Waals surface area contributed by atoms with E-state index in [2.05, 4.69) is 20.9 Å². The second-order valence-corrected chi connectivity index (χ2v) is 7.72. The highest BCUT2D eigenvalue weighted by atomic mass is 16.5. The molecule has 160 valence electrons. The molecule has 0 radical (unpaired) electrons. The molecule has 1 unspecified atom stereocenters. The summed E-state index contributed by atoms with van der Waals surface area (Å²) in [6, 6.07) is 14.8. The zero-order chi connectivity index (χ0) is 21.5. The van der Waals surface area contributed by atoms with Crippen LogP contribution in [0.5, 0.6) is 0 Å². The summed E-state index contributed by atoms with van der Waals surface area (Å²) in [5, 5.41) is 8.97. The molecule has 0 aromatic heterocycles. The zero-order valence-corrected chi connectivity index (χ0v) is 17.8. The Balaban J connectivity index is 1.51. The number of rotatable bonds is 7. The molecule has 2 aromatic carbocycles. The molecule has 3 rings (SSSR count). The largest absolute Gasteiger partial charge is 0.378 e. The van der Waals surface area contributed by atoms with E-state index in [0.29, 0.717) is 0 Å². The van der Waals surface area contributed by atoms with Crippen LogP contribution in [-0.4, -0.2) is 44.2 Å². The number of ether oxygens (including phenoxy) is 1.